The number of carbonyl (C=O) groups excluding carboxylic acids is 1. The third kappa shape index (κ3) is 3.53. The lowest BCUT2D eigenvalue weighted by Gasteiger charge is -2.03. The topological polar surface area (TPSA) is 67.8 Å². The highest BCUT2D eigenvalue weighted by atomic mass is 32.1. The van der Waals surface area contributed by atoms with Crippen LogP contribution in [-0.2, 0) is 6.42 Å². The van der Waals surface area contributed by atoms with Gasteiger partial charge < -0.3 is 5.32 Å². The van der Waals surface area contributed by atoms with Crippen molar-refractivity contribution >= 4 is 17.2 Å². The molecular weight excluding hydrogens is 296 g/mol. The lowest BCUT2D eigenvalue weighted by Crippen LogP contribution is -2.25. The smallest absolute Gasteiger partial charge is 0.251 e. The zero-order chi connectivity index (χ0) is 15.2. The van der Waals surface area contributed by atoms with Gasteiger partial charge in [-0.05, 0) is 24.3 Å². The van der Waals surface area contributed by atoms with E-state index in [1.165, 1.54) is 0 Å². The average molecular weight is 310 g/mol. The normalized spacial score (nSPS) is 10.4. The predicted molar refractivity (Wildman–Crippen MR) is 85.6 cm³/mol. The van der Waals surface area contributed by atoms with Crippen molar-refractivity contribution in [2.45, 2.75) is 6.42 Å². The van der Waals surface area contributed by atoms with Crippen molar-refractivity contribution in [3.63, 3.8) is 0 Å². The summed E-state index contributed by atoms with van der Waals surface area (Å²) in [4.78, 5) is 24.6. The van der Waals surface area contributed by atoms with Gasteiger partial charge in [0.15, 0.2) is 0 Å². The summed E-state index contributed by atoms with van der Waals surface area (Å²) in [5, 5.41) is 5.78. The van der Waals surface area contributed by atoms with Crippen molar-refractivity contribution in [3.8, 4) is 10.7 Å². The third-order valence-corrected chi connectivity index (χ3v) is 3.96. The highest BCUT2D eigenvalue weighted by Crippen LogP contribution is 2.21. The van der Waals surface area contributed by atoms with Crippen molar-refractivity contribution in [3.05, 3.63) is 65.6 Å². The van der Waals surface area contributed by atoms with E-state index in [1.54, 1.807) is 42.1 Å². The molecule has 5 nitrogen and oxygen atoms in total. The van der Waals surface area contributed by atoms with E-state index < -0.39 is 0 Å². The van der Waals surface area contributed by atoms with Crippen molar-refractivity contribution in [2.24, 2.45) is 0 Å². The van der Waals surface area contributed by atoms with Gasteiger partial charge in [0.05, 0.1) is 11.4 Å². The van der Waals surface area contributed by atoms with Crippen LogP contribution in [0.5, 0.6) is 0 Å². The lowest BCUT2D eigenvalue weighted by molar-refractivity contribution is 0.0954. The van der Waals surface area contributed by atoms with Crippen molar-refractivity contribution in [2.75, 3.05) is 6.54 Å². The second-order valence-corrected chi connectivity index (χ2v) is 5.46. The molecule has 22 heavy (non-hydrogen) atoms. The Morgan fingerprint density at radius 2 is 2.00 bits per heavy atom. The molecule has 3 aromatic rings. The molecule has 3 aromatic heterocycles. The van der Waals surface area contributed by atoms with Crippen LogP contribution in [0.2, 0.25) is 0 Å². The molecule has 0 aliphatic carbocycles. The van der Waals surface area contributed by atoms with Crippen molar-refractivity contribution in [1.82, 2.24) is 20.3 Å². The second kappa shape index (κ2) is 6.91. The van der Waals surface area contributed by atoms with Crippen LogP contribution in [0.15, 0.2) is 54.3 Å². The summed E-state index contributed by atoms with van der Waals surface area (Å²) in [6, 6.07) is 9.15. The standard InChI is InChI=1S/C16H14N4OS/c21-15(12-4-8-17-9-5-12)19-10-6-13-11-22-16(20-13)14-3-1-2-7-18-14/h1-5,7-9,11H,6,10H2,(H,19,21). The number of aromatic nitrogens is 3. The number of hydrogen-bond donors (Lipinski definition) is 1. The quantitative estimate of drug-likeness (QED) is 0.786. The summed E-state index contributed by atoms with van der Waals surface area (Å²) < 4.78 is 0. The average Bonchev–Trinajstić information content (AvgIpc) is 3.05. The highest BCUT2D eigenvalue weighted by molar-refractivity contribution is 7.13. The molecule has 0 aromatic carbocycles. The maximum Gasteiger partial charge on any atom is 0.251 e. The van der Waals surface area contributed by atoms with Gasteiger partial charge in [0, 0.05) is 42.5 Å². The Hall–Kier alpha value is -2.60. The van der Waals surface area contributed by atoms with Gasteiger partial charge in [-0.25, -0.2) is 4.98 Å². The molecule has 6 heteroatoms. The van der Waals surface area contributed by atoms with Crippen LogP contribution in [0, 0.1) is 0 Å². The minimum atomic E-state index is -0.0948. The van der Waals surface area contributed by atoms with Crippen LogP contribution in [0.25, 0.3) is 10.7 Å². The minimum absolute atomic E-state index is 0.0948. The summed E-state index contributed by atoms with van der Waals surface area (Å²) in [6.45, 7) is 0.548. The molecule has 0 radical (unpaired) electrons. The minimum Gasteiger partial charge on any atom is -0.352 e. The zero-order valence-corrected chi connectivity index (χ0v) is 12.6. The number of amides is 1. The van der Waals surface area contributed by atoms with Gasteiger partial charge in [0.1, 0.15) is 5.01 Å². The molecule has 0 spiro atoms. The number of rotatable bonds is 5. The van der Waals surface area contributed by atoms with E-state index in [1.807, 2.05) is 23.6 Å². The number of pyridine rings is 2. The van der Waals surface area contributed by atoms with E-state index in [0.717, 1.165) is 16.4 Å². The number of thiazole rings is 1. The van der Waals surface area contributed by atoms with Gasteiger partial charge in [0.25, 0.3) is 5.91 Å². The monoisotopic (exact) mass is 310 g/mol. The molecule has 110 valence electrons. The fourth-order valence-electron chi connectivity index (χ4n) is 1.94. The molecule has 1 amide bonds. The first-order chi connectivity index (χ1) is 10.8. The van der Waals surface area contributed by atoms with Crippen LogP contribution in [0.1, 0.15) is 16.1 Å². The van der Waals surface area contributed by atoms with Crippen molar-refractivity contribution in [1.29, 1.82) is 0 Å². The van der Waals surface area contributed by atoms with E-state index in [4.69, 9.17) is 0 Å². The van der Waals surface area contributed by atoms with E-state index in [0.29, 0.717) is 18.5 Å². The SMILES string of the molecule is O=C(NCCc1csc(-c2ccccn2)n1)c1ccncc1. The predicted octanol–water partition coefficient (Wildman–Crippen LogP) is 2.57. The number of carbonyl (C=O) groups is 1. The molecule has 0 fully saturated rings. The third-order valence-electron chi connectivity index (χ3n) is 3.04. The van der Waals surface area contributed by atoms with E-state index in [2.05, 4.69) is 20.3 Å². The van der Waals surface area contributed by atoms with Crippen LogP contribution in [0.3, 0.4) is 0 Å². The fraction of sp³-hybridized carbons (Fsp3) is 0.125. The highest BCUT2D eigenvalue weighted by Gasteiger charge is 2.07. The Morgan fingerprint density at radius 3 is 2.77 bits per heavy atom. The maximum absolute atomic E-state index is 11.9. The molecule has 0 aliphatic rings. The van der Waals surface area contributed by atoms with Gasteiger partial charge in [-0.1, -0.05) is 6.07 Å². The molecule has 0 bridgehead atoms. The Kier molecular flexibility index (Phi) is 4.50. The first kappa shape index (κ1) is 14.3. The number of nitrogens with one attached hydrogen (secondary N) is 1. The first-order valence-electron chi connectivity index (χ1n) is 6.87. The van der Waals surface area contributed by atoms with Crippen LogP contribution in [-0.4, -0.2) is 27.4 Å². The van der Waals surface area contributed by atoms with Gasteiger partial charge >= 0.3 is 0 Å². The van der Waals surface area contributed by atoms with E-state index >= 15 is 0 Å². The summed E-state index contributed by atoms with van der Waals surface area (Å²) in [5.74, 6) is -0.0948. The molecule has 0 unspecified atom stereocenters. The van der Waals surface area contributed by atoms with E-state index in [9.17, 15) is 4.79 Å². The second-order valence-electron chi connectivity index (χ2n) is 4.60. The molecule has 3 rings (SSSR count). The van der Waals surface area contributed by atoms with Gasteiger partial charge in [-0.2, -0.15) is 0 Å². The Bertz CT molecular complexity index is 743. The molecule has 3 heterocycles. The maximum atomic E-state index is 11.9. The molecule has 1 N–H and O–H groups in total. The lowest BCUT2D eigenvalue weighted by atomic mass is 10.2. The summed E-state index contributed by atoms with van der Waals surface area (Å²) >= 11 is 1.56. The van der Waals surface area contributed by atoms with Gasteiger partial charge in [-0.15, -0.1) is 11.3 Å². The molecule has 0 saturated carbocycles. The Labute approximate surface area is 132 Å². The van der Waals surface area contributed by atoms with E-state index in [-0.39, 0.29) is 5.91 Å². The molecule has 0 atom stereocenters. The Morgan fingerprint density at radius 1 is 1.14 bits per heavy atom. The Balaban J connectivity index is 1.55. The van der Waals surface area contributed by atoms with Crippen LogP contribution >= 0.6 is 11.3 Å². The largest absolute Gasteiger partial charge is 0.352 e. The summed E-state index contributed by atoms with van der Waals surface area (Å²) in [6.07, 6.45) is 5.66. The number of nitrogens with zero attached hydrogens (tertiary/aromatic N) is 3. The van der Waals surface area contributed by atoms with Crippen LogP contribution < -0.4 is 5.32 Å². The number of hydrogen-bond acceptors (Lipinski definition) is 5. The molecule has 0 aliphatic heterocycles. The molecular formula is C16H14N4OS. The van der Waals surface area contributed by atoms with Gasteiger partial charge in [0.2, 0.25) is 0 Å². The van der Waals surface area contributed by atoms with Crippen molar-refractivity contribution < 1.29 is 4.79 Å². The molecule has 0 saturated heterocycles. The summed E-state index contributed by atoms with van der Waals surface area (Å²) in [7, 11) is 0. The summed E-state index contributed by atoms with van der Waals surface area (Å²) in [5.41, 5.74) is 2.45. The zero-order valence-electron chi connectivity index (χ0n) is 11.8. The van der Waals surface area contributed by atoms with Crippen LogP contribution in [0.4, 0.5) is 0 Å². The fourth-order valence-corrected chi connectivity index (χ4v) is 2.77. The van der Waals surface area contributed by atoms with Gasteiger partial charge in [-0.3, -0.25) is 14.8 Å². The first-order valence-corrected chi connectivity index (χ1v) is 7.75.